The summed E-state index contributed by atoms with van der Waals surface area (Å²) in [5.41, 5.74) is -0.694. The fraction of sp³-hybridized carbons (Fsp3) is 0.250. The molecule has 0 atom stereocenters. The first-order valence-electron chi connectivity index (χ1n) is 6.81. The van der Waals surface area contributed by atoms with Gasteiger partial charge in [-0.3, -0.25) is 9.59 Å². The van der Waals surface area contributed by atoms with Gasteiger partial charge in [-0.25, -0.2) is 0 Å². The molecule has 0 heterocycles. The van der Waals surface area contributed by atoms with Crippen LogP contribution in [0.1, 0.15) is 11.1 Å². The molecule has 2 rings (SSSR count). The highest BCUT2D eigenvalue weighted by molar-refractivity contribution is 6.50. The first-order chi connectivity index (χ1) is 11.3. The van der Waals surface area contributed by atoms with Gasteiger partial charge in [0.05, 0.1) is 24.4 Å². The summed E-state index contributed by atoms with van der Waals surface area (Å²) in [5, 5.41) is 40.2. The average molecular weight is 336 g/mol. The van der Waals surface area contributed by atoms with Crippen LogP contribution in [0.15, 0.2) is 23.5 Å². The van der Waals surface area contributed by atoms with Gasteiger partial charge < -0.3 is 29.9 Å². The molecule has 0 bridgehead atoms. The van der Waals surface area contributed by atoms with Gasteiger partial charge >= 0.3 is 0 Å². The van der Waals surface area contributed by atoms with Crippen molar-refractivity contribution >= 4 is 17.1 Å². The van der Waals surface area contributed by atoms with E-state index in [9.17, 15) is 30.0 Å². The zero-order valence-corrected chi connectivity index (χ0v) is 13.0. The molecule has 0 radical (unpaired) electrons. The van der Waals surface area contributed by atoms with Gasteiger partial charge in [0.15, 0.2) is 11.5 Å². The number of aliphatic hydroxyl groups excluding tert-OH is 1. The largest absolute Gasteiger partial charge is 0.507 e. The minimum absolute atomic E-state index is 0.126. The smallest absolute Gasteiger partial charge is 0.234 e. The molecule has 0 aliphatic heterocycles. The number of aliphatic hydroxyl groups is 1. The van der Waals surface area contributed by atoms with E-state index in [1.165, 1.54) is 14.2 Å². The molecule has 0 unspecified atom stereocenters. The van der Waals surface area contributed by atoms with Gasteiger partial charge in [0.2, 0.25) is 11.6 Å². The van der Waals surface area contributed by atoms with Crippen molar-refractivity contribution in [2.75, 3.05) is 20.8 Å². The Hall–Kier alpha value is -2.84. The van der Waals surface area contributed by atoms with Crippen LogP contribution < -0.4 is 0 Å². The number of hydrogen-bond donors (Lipinski definition) is 4. The van der Waals surface area contributed by atoms with Gasteiger partial charge in [-0.2, -0.15) is 0 Å². The quantitative estimate of drug-likeness (QED) is 0.270. The summed E-state index contributed by atoms with van der Waals surface area (Å²) in [5.74, 6) is -4.04. The highest BCUT2D eigenvalue weighted by atomic mass is 16.5. The number of hydrogen-bond acceptors (Lipinski definition) is 8. The van der Waals surface area contributed by atoms with E-state index in [1.807, 2.05) is 0 Å². The van der Waals surface area contributed by atoms with Crippen molar-refractivity contribution in [3.05, 3.63) is 34.6 Å². The lowest BCUT2D eigenvalue weighted by atomic mass is 9.89. The predicted octanol–water partition coefficient (Wildman–Crippen LogP) is 0.943. The molecule has 1 aromatic carbocycles. The van der Waals surface area contributed by atoms with Crippen molar-refractivity contribution < 1.29 is 39.5 Å². The van der Waals surface area contributed by atoms with Crippen LogP contribution in [0.5, 0.6) is 17.2 Å². The van der Waals surface area contributed by atoms with Crippen molar-refractivity contribution in [1.29, 1.82) is 0 Å². The van der Waals surface area contributed by atoms with Gasteiger partial charge in [-0.1, -0.05) is 0 Å². The van der Waals surface area contributed by atoms with Gasteiger partial charge in [0.1, 0.15) is 11.5 Å². The van der Waals surface area contributed by atoms with Crippen LogP contribution in [0, 0.1) is 0 Å². The summed E-state index contributed by atoms with van der Waals surface area (Å²) in [6.45, 7) is -0.530. The molecule has 0 amide bonds. The second-order valence-corrected chi connectivity index (χ2v) is 5.06. The van der Waals surface area contributed by atoms with E-state index >= 15 is 0 Å². The highest BCUT2D eigenvalue weighted by Gasteiger charge is 2.31. The Bertz CT molecular complexity index is 773. The minimum atomic E-state index is -0.919. The van der Waals surface area contributed by atoms with Crippen LogP contribution >= 0.6 is 0 Å². The normalized spacial score (nSPS) is 15.0. The third-order valence-corrected chi connectivity index (χ3v) is 3.53. The lowest BCUT2D eigenvalue weighted by Crippen LogP contribution is -2.23. The molecule has 8 nitrogen and oxygen atoms in total. The van der Waals surface area contributed by atoms with E-state index in [0.717, 1.165) is 12.1 Å². The third-order valence-electron chi connectivity index (χ3n) is 3.53. The molecule has 4 N–H and O–H groups in total. The first kappa shape index (κ1) is 17.5. The van der Waals surface area contributed by atoms with Crippen molar-refractivity contribution in [1.82, 2.24) is 0 Å². The lowest BCUT2D eigenvalue weighted by Gasteiger charge is -2.19. The minimum Gasteiger partial charge on any atom is -0.507 e. The maximum absolute atomic E-state index is 11.8. The van der Waals surface area contributed by atoms with Crippen LogP contribution in [0.2, 0.25) is 0 Å². The number of allylic oxidation sites excluding steroid dienone is 2. The highest BCUT2D eigenvalue weighted by Crippen LogP contribution is 2.43. The number of carbonyl (C=O) groups is 2. The first-order valence-corrected chi connectivity index (χ1v) is 6.81. The fourth-order valence-corrected chi connectivity index (χ4v) is 2.36. The van der Waals surface area contributed by atoms with E-state index in [4.69, 9.17) is 9.47 Å². The molecule has 0 spiro atoms. The number of ketones is 2. The number of rotatable bonds is 5. The van der Waals surface area contributed by atoms with Gasteiger partial charge in [0, 0.05) is 31.4 Å². The molecular weight excluding hydrogens is 320 g/mol. The molecule has 0 aromatic heterocycles. The molecule has 128 valence electrons. The third kappa shape index (κ3) is 2.84. The number of carbonyl (C=O) groups excluding carboxylic acids is 2. The van der Waals surface area contributed by atoms with Crippen LogP contribution in [0.4, 0.5) is 0 Å². The second-order valence-electron chi connectivity index (χ2n) is 5.06. The molecule has 1 aromatic rings. The maximum atomic E-state index is 11.8. The second kappa shape index (κ2) is 6.73. The number of phenolic OH excluding ortho intramolecular Hbond substituents is 3. The molecule has 0 saturated carbocycles. The summed E-state index contributed by atoms with van der Waals surface area (Å²) in [6, 6.07) is 0.972. The fourth-order valence-electron chi connectivity index (χ4n) is 2.36. The zero-order chi connectivity index (χ0) is 18.0. The van der Waals surface area contributed by atoms with E-state index in [2.05, 4.69) is 0 Å². The van der Waals surface area contributed by atoms with Crippen LogP contribution in [0.25, 0.3) is 5.57 Å². The van der Waals surface area contributed by atoms with Crippen molar-refractivity contribution in [3.63, 3.8) is 0 Å². The van der Waals surface area contributed by atoms with E-state index in [-0.39, 0.29) is 35.5 Å². The summed E-state index contributed by atoms with van der Waals surface area (Å²) >= 11 is 0. The number of ether oxygens (including phenoxy) is 2. The number of benzene rings is 1. The molecule has 1 aliphatic rings. The number of phenols is 3. The van der Waals surface area contributed by atoms with Gasteiger partial charge in [-0.15, -0.1) is 0 Å². The molecule has 8 heteroatoms. The molecule has 1 aliphatic carbocycles. The molecule has 24 heavy (non-hydrogen) atoms. The van der Waals surface area contributed by atoms with Crippen LogP contribution in [-0.2, 0) is 25.7 Å². The van der Waals surface area contributed by atoms with Gasteiger partial charge in [0.25, 0.3) is 0 Å². The van der Waals surface area contributed by atoms with E-state index < -0.39 is 34.6 Å². The monoisotopic (exact) mass is 336 g/mol. The zero-order valence-electron chi connectivity index (χ0n) is 13.0. The summed E-state index contributed by atoms with van der Waals surface area (Å²) in [4.78, 5) is 23.7. The van der Waals surface area contributed by atoms with Crippen LogP contribution in [-0.4, -0.2) is 52.8 Å². The van der Waals surface area contributed by atoms with Crippen molar-refractivity contribution in [2.24, 2.45) is 0 Å². The topological polar surface area (TPSA) is 134 Å². The number of methoxy groups -OCH3 is 2. The van der Waals surface area contributed by atoms with Crippen molar-refractivity contribution in [2.45, 2.75) is 6.61 Å². The molecular formula is C16H16O8. The SMILES string of the molecule is COCC1=C(O)C(c2cc(O)c(O)c(COC)c2O)=CC(=O)C1=O. The maximum Gasteiger partial charge on any atom is 0.234 e. The summed E-state index contributed by atoms with van der Waals surface area (Å²) in [7, 11) is 2.61. The van der Waals surface area contributed by atoms with Crippen molar-refractivity contribution in [3.8, 4) is 17.2 Å². The summed E-state index contributed by atoms with van der Waals surface area (Å²) in [6.07, 6.45) is 0.846. The number of Topliss-reactive ketones (excluding diaryl/α,β-unsaturated/α-hetero) is 1. The van der Waals surface area contributed by atoms with E-state index in [0.29, 0.717) is 0 Å². The Morgan fingerprint density at radius 3 is 2.17 bits per heavy atom. The molecule has 0 fully saturated rings. The Morgan fingerprint density at radius 1 is 0.958 bits per heavy atom. The number of aromatic hydroxyl groups is 3. The standard InChI is InChI=1S/C16H16O8/c1-23-5-9-13(19)7(3-11(17)15(9)21)8-4-12(18)16(22)10(6-24-2)14(8)20/h3-4,17,19-21H,5-6H2,1-2H3. The average Bonchev–Trinajstić information content (AvgIpc) is 2.55. The van der Waals surface area contributed by atoms with E-state index in [1.54, 1.807) is 0 Å². The predicted molar refractivity (Wildman–Crippen MR) is 81.7 cm³/mol. The van der Waals surface area contributed by atoms with Gasteiger partial charge in [-0.05, 0) is 6.07 Å². The molecule has 0 saturated heterocycles. The summed E-state index contributed by atoms with van der Waals surface area (Å²) < 4.78 is 9.65. The van der Waals surface area contributed by atoms with Crippen LogP contribution in [0.3, 0.4) is 0 Å². The Balaban J connectivity index is 2.69. The Morgan fingerprint density at radius 2 is 1.58 bits per heavy atom. The Kier molecular flexibility index (Phi) is 4.91. The lowest BCUT2D eigenvalue weighted by molar-refractivity contribution is -0.132. The Labute approximate surface area is 136 Å².